The van der Waals surface area contributed by atoms with Crippen LogP contribution < -0.4 is 9.47 Å². The molecule has 0 aromatic heterocycles. The molecule has 1 aliphatic heterocycles. The van der Waals surface area contributed by atoms with Crippen molar-refractivity contribution in [2.45, 2.75) is 11.8 Å². The summed E-state index contributed by atoms with van der Waals surface area (Å²) in [4.78, 5) is 0.353. The smallest absolute Gasteiger partial charge is 0.200 e. The van der Waals surface area contributed by atoms with Crippen LogP contribution in [0.1, 0.15) is 11.1 Å². The van der Waals surface area contributed by atoms with Gasteiger partial charge in [-0.05, 0) is 37.3 Å². The predicted molar refractivity (Wildman–Crippen MR) is 84.8 cm³/mol. The Hall–Kier alpha value is -2.27. The molecule has 0 saturated carbocycles. The minimum absolute atomic E-state index is 0.210. The van der Waals surface area contributed by atoms with Gasteiger partial charge in [0.05, 0.1) is 12.0 Å². The molecule has 0 N–H and O–H groups in total. The number of hydrogen-bond acceptors (Lipinski definition) is 4. The van der Waals surface area contributed by atoms with E-state index in [1.165, 1.54) is 5.41 Å². The predicted octanol–water partition coefficient (Wildman–Crippen LogP) is 3.21. The highest BCUT2D eigenvalue weighted by atomic mass is 32.2. The van der Waals surface area contributed by atoms with Crippen molar-refractivity contribution >= 4 is 15.4 Å². The van der Waals surface area contributed by atoms with Crippen LogP contribution in [0.5, 0.6) is 11.5 Å². The molecular formula is C17H16O4S. The number of sulfone groups is 1. The van der Waals surface area contributed by atoms with E-state index in [1.807, 2.05) is 13.0 Å². The summed E-state index contributed by atoms with van der Waals surface area (Å²) in [5, 5.41) is 1.29. The number of hydrogen-bond donors (Lipinski definition) is 0. The molecule has 0 spiro atoms. The summed E-state index contributed by atoms with van der Waals surface area (Å²) in [7, 11) is -1.75. The maximum Gasteiger partial charge on any atom is 0.200 e. The van der Waals surface area contributed by atoms with Crippen LogP contribution in [0.4, 0.5) is 0 Å². The maximum atomic E-state index is 12.1. The molecular weight excluding hydrogens is 300 g/mol. The fourth-order valence-electron chi connectivity index (χ4n) is 2.40. The molecule has 1 aliphatic rings. The molecule has 114 valence electrons. The summed E-state index contributed by atoms with van der Waals surface area (Å²) in [6.45, 7) is 2.15. The average Bonchev–Trinajstić information content (AvgIpc) is 2.76. The third kappa shape index (κ3) is 2.72. The van der Waals surface area contributed by atoms with Crippen molar-refractivity contribution < 1.29 is 17.9 Å². The topological polar surface area (TPSA) is 52.6 Å². The Balaban J connectivity index is 1.83. The second kappa shape index (κ2) is 5.50. The first-order valence-corrected chi connectivity index (χ1v) is 8.38. The van der Waals surface area contributed by atoms with Crippen LogP contribution in [0.25, 0.3) is 5.57 Å². The van der Waals surface area contributed by atoms with E-state index >= 15 is 0 Å². The van der Waals surface area contributed by atoms with Gasteiger partial charge < -0.3 is 9.47 Å². The van der Waals surface area contributed by atoms with Crippen molar-refractivity contribution in [2.24, 2.45) is 0 Å². The second-order valence-electron chi connectivity index (χ2n) is 5.15. The summed E-state index contributed by atoms with van der Waals surface area (Å²) >= 11 is 0. The van der Waals surface area contributed by atoms with Crippen molar-refractivity contribution in [1.82, 2.24) is 0 Å². The van der Waals surface area contributed by atoms with Gasteiger partial charge in [0.15, 0.2) is 0 Å². The normalized spacial score (nSPS) is 15.1. The number of methoxy groups -OCH3 is 1. The van der Waals surface area contributed by atoms with Gasteiger partial charge in [-0.15, -0.1) is 0 Å². The number of fused-ring (bicyclic) bond motifs is 1. The molecule has 3 rings (SSSR count). The zero-order chi connectivity index (χ0) is 15.7. The summed E-state index contributed by atoms with van der Waals surface area (Å²) < 4.78 is 35.0. The Morgan fingerprint density at radius 1 is 1.00 bits per heavy atom. The molecule has 1 heterocycles. The van der Waals surface area contributed by atoms with Crippen LogP contribution in [0.3, 0.4) is 0 Å². The van der Waals surface area contributed by atoms with Gasteiger partial charge in [0.25, 0.3) is 0 Å². The molecule has 0 bridgehead atoms. The van der Waals surface area contributed by atoms with E-state index in [4.69, 9.17) is 9.47 Å². The van der Waals surface area contributed by atoms with Gasteiger partial charge >= 0.3 is 0 Å². The van der Waals surface area contributed by atoms with Gasteiger partial charge in [-0.25, -0.2) is 8.42 Å². The SMILES string of the molecule is COc1ccc(OCC2=CS(=O)(=O)c3ccc(C)cc32)cc1. The minimum atomic E-state index is -3.35. The van der Waals surface area contributed by atoms with Crippen molar-refractivity contribution in [2.75, 3.05) is 13.7 Å². The molecule has 0 fully saturated rings. The van der Waals surface area contributed by atoms with Crippen molar-refractivity contribution in [3.63, 3.8) is 0 Å². The van der Waals surface area contributed by atoms with E-state index in [2.05, 4.69) is 0 Å². The van der Waals surface area contributed by atoms with Gasteiger partial charge in [0.1, 0.15) is 18.1 Å². The van der Waals surface area contributed by atoms with Crippen LogP contribution in [-0.4, -0.2) is 22.1 Å². The highest BCUT2D eigenvalue weighted by Crippen LogP contribution is 2.34. The third-order valence-electron chi connectivity index (χ3n) is 3.54. The molecule has 0 radical (unpaired) electrons. The van der Waals surface area contributed by atoms with E-state index in [0.717, 1.165) is 16.9 Å². The van der Waals surface area contributed by atoms with Crippen LogP contribution in [0.15, 0.2) is 52.8 Å². The first-order valence-electron chi connectivity index (χ1n) is 6.83. The molecule has 0 unspecified atom stereocenters. The quantitative estimate of drug-likeness (QED) is 0.869. The van der Waals surface area contributed by atoms with Crippen molar-refractivity contribution in [3.05, 3.63) is 59.0 Å². The molecule has 22 heavy (non-hydrogen) atoms. The maximum absolute atomic E-state index is 12.1. The third-order valence-corrected chi connectivity index (χ3v) is 5.10. The van der Waals surface area contributed by atoms with E-state index < -0.39 is 9.84 Å². The van der Waals surface area contributed by atoms with Gasteiger partial charge in [-0.1, -0.05) is 17.7 Å². The lowest BCUT2D eigenvalue weighted by Gasteiger charge is -2.09. The minimum Gasteiger partial charge on any atom is -0.497 e. The first-order chi connectivity index (χ1) is 10.5. The van der Waals surface area contributed by atoms with Gasteiger partial charge in [-0.3, -0.25) is 0 Å². The fourth-order valence-corrected chi connectivity index (χ4v) is 3.85. The number of benzene rings is 2. The zero-order valence-electron chi connectivity index (χ0n) is 12.4. The Morgan fingerprint density at radius 2 is 1.68 bits per heavy atom. The summed E-state index contributed by atoms with van der Waals surface area (Å²) in [6, 6.07) is 12.5. The lowest BCUT2D eigenvalue weighted by Crippen LogP contribution is -2.00. The molecule has 0 atom stereocenters. The molecule has 0 aliphatic carbocycles. The van der Waals surface area contributed by atoms with Crippen molar-refractivity contribution in [3.8, 4) is 11.5 Å². The molecule has 2 aromatic carbocycles. The van der Waals surface area contributed by atoms with Crippen LogP contribution in [0, 0.1) is 6.92 Å². The Kier molecular flexibility index (Phi) is 3.66. The number of ether oxygens (including phenoxy) is 2. The fraction of sp³-hybridized carbons (Fsp3) is 0.176. The zero-order valence-corrected chi connectivity index (χ0v) is 13.2. The van der Waals surface area contributed by atoms with E-state index in [0.29, 0.717) is 16.2 Å². The van der Waals surface area contributed by atoms with Crippen LogP contribution >= 0.6 is 0 Å². The van der Waals surface area contributed by atoms with Gasteiger partial charge in [-0.2, -0.15) is 0 Å². The standard InChI is InChI=1S/C17H16O4S/c1-12-3-8-17-16(9-12)13(11-22(17,18)19)10-21-15-6-4-14(20-2)5-7-15/h3-9,11H,10H2,1-2H3. The molecule has 4 nitrogen and oxygen atoms in total. The van der Waals surface area contributed by atoms with E-state index in [1.54, 1.807) is 43.5 Å². The number of rotatable bonds is 4. The largest absolute Gasteiger partial charge is 0.497 e. The molecule has 0 saturated heterocycles. The van der Waals surface area contributed by atoms with E-state index in [-0.39, 0.29) is 6.61 Å². The average molecular weight is 316 g/mol. The van der Waals surface area contributed by atoms with Crippen LogP contribution in [-0.2, 0) is 9.84 Å². The summed E-state index contributed by atoms with van der Waals surface area (Å²) in [6.07, 6.45) is 0. The Labute approximate surface area is 129 Å². The Morgan fingerprint density at radius 3 is 2.36 bits per heavy atom. The molecule has 5 heteroatoms. The number of aryl methyl sites for hydroxylation is 1. The summed E-state index contributed by atoms with van der Waals surface area (Å²) in [5.41, 5.74) is 2.43. The second-order valence-corrected chi connectivity index (χ2v) is 6.92. The van der Waals surface area contributed by atoms with Crippen molar-refractivity contribution in [1.29, 1.82) is 0 Å². The monoisotopic (exact) mass is 316 g/mol. The molecule has 0 amide bonds. The van der Waals surface area contributed by atoms with E-state index in [9.17, 15) is 8.42 Å². The Bertz CT molecular complexity index is 833. The van der Waals surface area contributed by atoms with Gasteiger partial charge in [0.2, 0.25) is 9.84 Å². The lowest BCUT2D eigenvalue weighted by molar-refractivity contribution is 0.367. The highest BCUT2D eigenvalue weighted by Gasteiger charge is 2.27. The first kappa shape index (κ1) is 14.7. The van der Waals surface area contributed by atoms with Gasteiger partial charge in [0, 0.05) is 16.5 Å². The van der Waals surface area contributed by atoms with Crippen LogP contribution in [0.2, 0.25) is 0 Å². The summed E-state index contributed by atoms with van der Waals surface area (Å²) in [5.74, 6) is 1.41. The lowest BCUT2D eigenvalue weighted by atomic mass is 10.1. The molecule has 2 aromatic rings. The highest BCUT2D eigenvalue weighted by molar-refractivity contribution is 7.95.